The van der Waals surface area contributed by atoms with Gasteiger partial charge in [0.15, 0.2) is 5.82 Å². The van der Waals surface area contributed by atoms with E-state index in [9.17, 15) is 4.79 Å². The van der Waals surface area contributed by atoms with Gasteiger partial charge in [-0.1, -0.05) is 17.7 Å². The molecule has 0 atom stereocenters. The van der Waals surface area contributed by atoms with E-state index in [0.717, 1.165) is 37.7 Å². The van der Waals surface area contributed by atoms with Crippen LogP contribution in [0.1, 0.15) is 17.8 Å². The Morgan fingerprint density at radius 2 is 1.88 bits per heavy atom. The van der Waals surface area contributed by atoms with E-state index in [1.165, 1.54) is 5.56 Å². The number of hydrogen-bond donors (Lipinski definition) is 0. The van der Waals surface area contributed by atoms with Crippen LogP contribution in [0.4, 0.5) is 0 Å². The van der Waals surface area contributed by atoms with Crippen molar-refractivity contribution in [2.24, 2.45) is 0 Å². The number of nitrogens with zero attached hydrogens (tertiary/aromatic N) is 6. The fraction of sp³-hybridized carbons (Fsp3) is 0.500. The lowest BCUT2D eigenvalue weighted by molar-refractivity contribution is -0.132. The summed E-state index contributed by atoms with van der Waals surface area (Å²) in [5.41, 5.74) is 2.16. The molecule has 0 bridgehead atoms. The van der Waals surface area contributed by atoms with Crippen molar-refractivity contribution >= 4 is 17.5 Å². The van der Waals surface area contributed by atoms with Gasteiger partial charge < -0.3 is 4.90 Å². The molecule has 0 N–H and O–H groups in total. The fourth-order valence-corrected chi connectivity index (χ4v) is 2.95. The summed E-state index contributed by atoms with van der Waals surface area (Å²) in [4.78, 5) is 16.0. The number of carbonyl (C=O) groups is 1. The summed E-state index contributed by atoms with van der Waals surface area (Å²) in [6.07, 6.45) is 0.410. The molecule has 24 heavy (non-hydrogen) atoms. The van der Waals surface area contributed by atoms with Crippen LogP contribution in [0.5, 0.6) is 0 Å². The molecule has 2 heterocycles. The minimum absolute atomic E-state index is 0.133. The molecule has 1 aliphatic rings. The number of aryl methyl sites for hydroxylation is 1. The average Bonchev–Trinajstić information content (AvgIpc) is 3.04. The van der Waals surface area contributed by atoms with Gasteiger partial charge in [0, 0.05) is 38.5 Å². The van der Waals surface area contributed by atoms with Gasteiger partial charge in [-0.25, -0.2) is 0 Å². The number of tetrazole rings is 1. The SMILES string of the molecule is Cc1ccc(-n2nnnc2CN2CCN(C(=O)CCCl)CC2)cc1. The van der Waals surface area contributed by atoms with Gasteiger partial charge in [0.25, 0.3) is 0 Å². The Morgan fingerprint density at radius 3 is 2.54 bits per heavy atom. The minimum atomic E-state index is 0.133. The first-order chi connectivity index (χ1) is 11.7. The zero-order valence-electron chi connectivity index (χ0n) is 13.7. The molecule has 2 aromatic rings. The highest BCUT2D eigenvalue weighted by atomic mass is 35.5. The van der Waals surface area contributed by atoms with Crippen molar-refractivity contribution in [1.29, 1.82) is 0 Å². The van der Waals surface area contributed by atoms with Crippen LogP contribution in [0, 0.1) is 6.92 Å². The Balaban J connectivity index is 1.61. The Hall–Kier alpha value is -1.99. The maximum atomic E-state index is 11.9. The summed E-state index contributed by atoms with van der Waals surface area (Å²) < 4.78 is 1.77. The number of rotatable bonds is 5. The number of piperazine rings is 1. The van der Waals surface area contributed by atoms with Crippen molar-refractivity contribution in [3.8, 4) is 5.69 Å². The number of carbonyl (C=O) groups excluding carboxylic acids is 1. The van der Waals surface area contributed by atoms with E-state index in [1.807, 2.05) is 29.2 Å². The van der Waals surface area contributed by atoms with E-state index in [1.54, 1.807) is 4.68 Å². The number of aromatic nitrogens is 4. The van der Waals surface area contributed by atoms with Crippen LogP contribution in [0.2, 0.25) is 0 Å². The molecule has 1 aromatic carbocycles. The average molecular weight is 349 g/mol. The fourth-order valence-electron chi connectivity index (χ4n) is 2.79. The lowest BCUT2D eigenvalue weighted by Gasteiger charge is -2.34. The molecule has 1 amide bonds. The van der Waals surface area contributed by atoms with Crippen LogP contribution >= 0.6 is 11.6 Å². The van der Waals surface area contributed by atoms with Crippen LogP contribution in [0.25, 0.3) is 5.69 Å². The summed E-state index contributed by atoms with van der Waals surface area (Å²) in [5.74, 6) is 1.32. The second kappa shape index (κ2) is 7.72. The summed E-state index contributed by atoms with van der Waals surface area (Å²) in [6.45, 7) is 5.79. The van der Waals surface area contributed by atoms with Gasteiger partial charge in [-0.2, -0.15) is 4.68 Å². The molecular formula is C16H21ClN6O. The quantitative estimate of drug-likeness (QED) is 0.761. The van der Waals surface area contributed by atoms with Crippen molar-refractivity contribution in [3.05, 3.63) is 35.7 Å². The highest BCUT2D eigenvalue weighted by Gasteiger charge is 2.22. The standard InChI is InChI=1S/C16H21ClN6O/c1-13-2-4-14(5-3-13)23-15(18-19-20-23)12-21-8-10-22(11-9-21)16(24)6-7-17/h2-5H,6-12H2,1H3. The zero-order valence-corrected chi connectivity index (χ0v) is 14.5. The van der Waals surface area contributed by atoms with Gasteiger partial charge in [-0.05, 0) is 29.5 Å². The Bertz CT molecular complexity index is 678. The highest BCUT2D eigenvalue weighted by Crippen LogP contribution is 2.12. The highest BCUT2D eigenvalue weighted by molar-refractivity contribution is 6.18. The van der Waals surface area contributed by atoms with Crippen LogP contribution in [-0.4, -0.2) is 68.0 Å². The minimum Gasteiger partial charge on any atom is -0.340 e. The topological polar surface area (TPSA) is 67.2 Å². The van der Waals surface area contributed by atoms with E-state index < -0.39 is 0 Å². The summed E-state index contributed by atoms with van der Waals surface area (Å²) >= 11 is 5.64. The Morgan fingerprint density at radius 1 is 1.17 bits per heavy atom. The summed E-state index contributed by atoms with van der Waals surface area (Å²) in [7, 11) is 0. The number of alkyl halides is 1. The third-order valence-electron chi connectivity index (χ3n) is 4.21. The first-order valence-corrected chi connectivity index (χ1v) is 8.61. The number of halogens is 1. The van der Waals surface area contributed by atoms with Gasteiger partial charge in [0.2, 0.25) is 5.91 Å². The van der Waals surface area contributed by atoms with E-state index in [-0.39, 0.29) is 5.91 Å². The molecule has 0 radical (unpaired) electrons. The molecule has 1 saturated heterocycles. The van der Waals surface area contributed by atoms with Gasteiger partial charge in [0.1, 0.15) is 0 Å². The molecule has 0 aliphatic carbocycles. The van der Waals surface area contributed by atoms with Gasteiger partial charge in [0.05, 0.1) is 12.2 Å². The molecule has 3 rings (SSSR count). The predicted octanol–water partition coefficient (Wildman–Crippen LogP) is 1.24. The molecule has 1 fully saturated rings. The van der Waals surface area contributed by atoms with E-state index >= 15 is 0 Å². The predicted molar refractivity (Wildman–Crippen MR) is 91.1 cm³/mol. The molecule has 0 unspecified atom stereocenters. The third kappa shape index (κ3) is 3.91. The normalized spacial score (nSPS) is 15.7. The summed E-state index contributed by atoms with van der Waals surface area (Å²) in [6, 6.07) is 8.11. The van der Waals surface area contributed by atoms with E-state index in [2.05, 4.69) is 27.3 Å². The van der Waals surface area contributed by atoms with Crippen molar-refractivity contribution in [2.75, 3.05) is 32.1 Å². The van der Waals surface area contributed by atoms with Crippen molar-refractivity contribution in [1.82, 2.24) is 30.0 Å². The molecule has 1 aromatic heterocycles. The maximum Gasteiger partial charge on any atom is 0.223 e. The van der Waals surface area contributed by atoms with Crippen LogP contribution in [0.15, 0.2) is 24.3 Å². The number of hydrogen-bond acceptors (Lipinski definition) is 5. The van der Waals surface area contributed by atoms with Crippen LogP contribution in [0.3, 0.4) is 0 Å². The second-order valence-corrected chi connectivity index (χ2v) is 6.32. The molecule has 8 heteroatoms. The van der Waals surface area contributed by atoms with Crippen molar-refractivity contribution in [2.45, 2.75) is 19.9 Å². The maximum absolute atomic E-state index is 11.9. The third-order valence-corrected chi connectivity index (χ3v) is 4.40. The van der Waals surface area contributed by atoms with Crippen molar-refractivity contribution < 1.29 is 4.79 Å². The summed E-state index contributed by atoms with van der Waals surface area (Å²) in [5, 5.41) is 12.1. The lowest BCUT2D eigenvalue weighted by Crippen LogP contribution is -2.48. The van der Waals surface area contributed by atoms with Gasteiger partial charge in [-0.15, -0.1) is 16.7 Å². The smallest absolute Gasteiger partial charge is 0.223 e. The Labute approximate surface area is 146 Å². The zero-order chi connectivity index (χ0) is 16.9. The molecule has 0 spiro atoms. The van der Waals surface area contributed by atoms with E-state index in [4.69, 9.17) is 11.6 Å². The van der Waals surface area contributed by atoms with E-state index in [0.29, 0.717) is 18.8 Å². The first kappa shape index (κ1) is 16.9. The van der Waals surface area contributed by atoms with Crippen molar-refractivity contribution in [3.63, 3.8) is 0 Å². The molecular weight excluding hydrogens is 328 g/mol. The second-order valence-electron chi connectivity index (χ2n) is 5.94. The molecule has 0 saturated carbocycles. The van der Waals surface area contributed by atoms with Gasteiger partial charge in [-0.3, -0.25) is 9.69 Å². The number of benzene rings is 1. The molecule has 128 valence electrons. The monoisotopic (exact) mass is 348 g/mol. The largest absolute Gasteiger partial charge is 0.340 e. The lowest BCUT2D eigenvalue weighted by atomic mass is 10.2. The first-order valence-electron chi connectivity index (χ1n) is 8.08. The Kier molecular flexibility index (Phi) is 5.42. The number of amides is 1. The van der Waals surface area contributed by atoms with Gasteiger partial charge >= 0.3 is 0 Å². The molecule has 1 aliphatic heterocycles. The molecule has 7 nitrogen and oxygen atoms in total. The van der Waals surface area contributed by atoms with Crippen LogP contribution < -0.4 is 0 Å². The van der Waals surface area contributed by atoms with Crippen LogP contribution in [-0.2, 0) is 11.3 Å².